The highest BCUT2D eigenvalue weighted by Gasteiger charge is 2.45. The number of rotatable bonds is 2. The fraction of sp³-hybridized carbons (Fsp3) is 0.389. The van der Waals surface area contributed by atoms with Crippen molar-refractivity contribution in [3.8, 4) is 0 Å². The van der Waals surface area contributed by atoms with Crippen molar-refractivity contribution in [2.75, 3.05) is 16.8 Å². The molecule has 2 aromatic rings. The largest absolute Gasteiger partial charge is 0.455 e. The number of aryl methyl sites for hydroxylation is 1. The van der Waals surface area contributed by atoms with Gasteiger partial charge in [0.1, 0.15) is 5.76 Å². The number of benzene rings is 1. The highest BCUT2D eigenvalue weighted by molar-refractivity contribution is 8.20. The standard InChI is InChI=1S/C18H17Cl2NO2S2/c1-10-14-13(6-3-7-18(14)24-8-9-25-18)23-16(10)17(22)21-12-5-2-4-11(19)15(12)20/h2,4-5H,3,6-9H2,1H3,(H,21,22). The van der Waals surface area contributed by atoms with Gasteiger partial charge in [0.05, 0.1) is 19.8 Å². The van der Waals surface area contributed by atoms with Gasteiger partial charge in [-0.25, -0.2) is 0 Å². The first-order valence-electron chi connectivity index (χ1n) is 8.18. The van der Waals surface area contributed by atoms with Gasteiger partial charge in [0, 0.05) is 29.1 Å². The first kappa shape index (κ1) is 17.7. The van der Waals surface area contributed by atoms with E-state index in [9.17, 15) is 4.79 Å². The molecule has 0 unspecified atom stereocenters. The van der Waals surface area contributed by atoms with E-state index in [1.165, 1.54) is 5.56 Å². The van der Waals surface area contributed by atoms with Crippen LogP contribution in [0, 0.1) is 6.92 Å². The van der Waals surface area contributed by atoms with Gasteiger partial charge >= 0.3 is 0 Å². The van der Waals surface area contributed by atoms with Gasteiger partial charge in [-0.2, -0.15) is 0 Å². The number of hydrogen-bond donors (Lipinski definition) is 1. The van der Waals surface area contributed by atoms with Crippen molar-refractivity contribution in [1.82, 2.24) is 0 Å². The molecule has 0 saturated carbocycles. The Morgan fingerprint density at radius 1 is 1.28 bits per heavy atom. The number of nitrogens with one attached hydrogen (secondary N) is 1. The highest BCUT2D eigenvalue weighted by atomic mass is 35.5. The molecule has 2 aliphatic rings. The van der Waals surface area contributed by atoms with Crippen LogP contribution in [0.15, 0.2) is 22.6 Å². The van der Waals surface area contributed by atoms with Gasteiger partial charge in [0.25, 0.3) is 5.91 Å². The van der Waals surface area contributed by atoms with E-state index in [0.717, 1.165) is 42.1 Å². The lowest BCUT2D eigenvalue weighted by Gasteiger charge is -2.31. The molecule has 1 aromatic carbocycles. The van der Waals surface area contributed by atoms with Gasteiger partial charge in [-0.3, -0.25) is 4.79 Å². The van der Waals surface area contributed by atoms with Gasteiger partial charge in [-0.15, -0.1) is 23.5 Å². The molecule has 1 aromatic heterocycles. The second-order valence-corrected chi connectivity index (χ2v) is 10.0. The molecule has 0 bridgehead atoms. The van der Waals surface area contributed by atoms with Crippen LogP contribution in [0.2, 0.25) is 10.0 Å². The molecule has 2 heterocycles. The molecule has 0 radical (unpaired) electrons. The van der Waals surface area contributed by atoms with Crippen LogP contribution in [0.3, 0.4) is 0 Å². The van der Waals surface area contributed by atoms with Gasteiger partial charge in [0.2, 0.25) is 0 Å². The van der Waals surface area contributed by atoms with Crippen LogP contribution in [0.1, 0.15) is 40.3 Å². The van der Waals surface area contributed by atoms with Crippen LogP contribution in [0.25, 0.3) is 0 Å². The third-order valence-corrected chi connectivity index (χ3v) is 9.02. The molecule has 7 heteroatoms. The average molecular weight is 414 g/mol. The normalized spacial score (nSPS) is 18.4. The number of anilines is 1. The van der Waals surface area contributed by atoms with Gasteiger partial charge in [-0.1, -0.05) is 29.3 Å². The molecule has 4 rings (SSSR count). The topological polar surface area (TPSA) is 42.2 Å². The Labute approximate surface area is 165 Å². The van der Waals surface area contributed by atoms with E-state index in [1.54, 1.807) is 18.2 Å². The summed E-state index contributed by atoms with van der Waals surface area (Å²) in [6.45, 7) is 1.99. The minimum absolute atomic E-state index is 0.0629. The Kier molecular flexibility index (Phi) is 4.78. The molecule has 1 fully saturated rings. The zero-order valence-corrected chi connectivity index (χ0v) is 16.8. The van der Waals surface area contributed by atoms with E-state index in [1.807, 2.05) is 30.4 Å². The molecule has 1 amide bonds. The van der Waals surface area contributed by atoms with Crippen LogP contribution in [0.5, 0.6) is 0 Å². The third-order valence-electron chi connectivity index (χ3n) is 4.67. The predicted molar refractivity (Wildman–Crippen MR) is 107 cm³/mol. The minimum atomic E-state index is -0.279. The predicted octanol–water partition coefficient (Wildman–Crippen LogP) is 6.12. The van der Waals surface area contributed by atoms with Crippen molar-refractivity contribution in [3.63, 3.8) is 0 Å². The molecule has 25 heavy (non-hydrogen) atoms. The summed E-state index contributed by atoms with van der Waals surface area (Å²) >= 11 is 16.2. The number of fused-ring (bicyclic) bond motifs is 2. The summed E-state index contributed by atoms with van der Waals surface area (Å²) in [5, 5.41) is 3.58. The van der Waals surface area contributed by atoms with E-state index in [4.69, 9.17) is 27.6 Å². The van der Waals surface area contributed by atoms with Gasteiger partial charge in [0.15, 0.2) is 5.76 Å². The van der Waals surface area contributed by atoms with Crippen molar-refractivity contribution in [3.05, 3.63) is 50.9 Å². The molecule has 0 atom stereocenters. The van der Waals surface area contributed by atoms with Crippen molar-refractivity contribution >= 4 is 58.3 Å². The Hall–Kier alpha value is -0.750. The zero-order chi connectivity index (χ0) is 17.6. The first-order chi connectivity index (χ1) is 12.0. The van der Waals surface area contributed by atoms with Gasteiger partial charge < -0.3 is 9.73 Å². The number of amides is 1. The monoisotopic (exact) mass is 413 g/mol. The van der Waals surface area contributed by atoms with E-state index in [2.05, 4.69) is 5.32 Å². The molecule has 1 aliphatic heterocycles. The molecule has 1 aliphatic carbocycles. The van der Waals surface area contributed by atoms with Crippen LogP contribution in [-0.2, 0) is 10.5 Å². The van der Waals surface area contributed by atoms with E-state index in [-0.39, 0.29) is 9.99 Å². The quantitative estimate of drug-likeness (QED) is 0.643. The fourth-order valence-electron chi connectivity index (χ4n) is 3.59. The van der Waals surface area contributed by atoms with E-state index >= 15 is 0 Å². The number of thioether (sulfide) groups is 2. The van der Waals surface area contributed by atoms with Gasteiger partial charge in [-0.05, 0) is 31.9 Å². The van der Waals surface area contributed by atoms with E-state index in [0.29, 0.717) is 21.5 Å². The van der Waals surface area contributed by atoms with Crippen LogP contribution >= 0.6 is 46.7 Å². The summed E-state index contributed by atoms with van der Waals surface area (Å²) in [6.07, 6.45) is 3.13. The summed E-state index contributed by atoms with van der Waals surface area (Å²) in [6, 6.07) is 5.17. The lowest BCUT2D eigenvalue weighted by Crippen LogP contribution is -2.21. The maximum atomic E-state index is 12.8. The maximum Gasteiger partial charge on any atom is 0.291 e. The number of hydrogen-bond acceptors (Lipinski definition) is 4. The molecule has 1 spiro atoms. The summed E-state index contributed by atoms with van der Waals surface area (Å²) in [5.41, 5.74) is 2.67. The molecule has 3 nitrogen and oxygen atoms in total. The Morgan fingerprint density at radius 3 is 2.80 bits per heavy atom. The van der Waals surface area contributed by atoms with Crippen molar-refractivity contribution < 1.29 is 9.21 Å². The van der Waals surface area contributed by atoms with Crippen LogP contribution in [0.4, 0.5) is 5.69 Å². The molecule has 1 N–H and O–H groups in total. The lowest BCUT2D eigenvalue weighted by atomic mass is 9.94. The first-order valence-corrected chi connectivity index (χ1v) is 10.9. The summed E-state index contributed by atoms with van der Waals surface area (Å²) in [4.78, 5) is 12.8. The summed E-state index contributed by atoms with van der Waals surface area (Å²) < 4.78 is 6.08. The second kappa shape index (κ2) is 6.76. The molecular formula is C18H17Cl2NO2S2. The highest BCUT2D eigenvalue weighted by Crippen LogP contribution is 2.59. The Morgan fingerprint density at radius 2 is 2.04 bits per heavy atom. The van der Waals surface area contributed by atoms with Crippen molar-refractivity contribution in [1.29, 1.82) is 0 Å². The number of carbonyl (C=O) groups excluding carboxylic acids is 1. The molecule has 132 valence electrons. The average Bonchev–Trinajstić information content (AvgIpc) is 3.18. The minimum Gasteiger partial charge on any atom is -0.455 e. The lowest BCUT2D eigenvalue weighted by molar-refractivity contribution is 0.0994. The van der Waals surface area contributed by atoms with Crippen molar-refractivity contribution in [2.45, 2.75) is 30.3 Å². The van der Waals surface area contributed by atoms with Crippen LogP contribution < -0.4 is 5.32 Å². The van der Waals surface area contributed by atoms with Crippen LogP contribution in [-0.4, -0.2) is 17.4 Å². The fourth-order valence-corrected chi connectivity index (χ4v) is 7.50. The smallest absolute Gasteiger partial charge is 0.291 e. The number of carbonyl (C=O) groups is 1. The third kappa shape index (κ3) is 2.99. The number of halogens is 2. The SMILES string of the molecule is Cc1c(C(=O)Nc2cccc(Cl)c2Cl)oc2c1C1(CCC2)SCCS1. The number of furan rings is 1. The maximum absolute atomic E-state index is 12.8. The van der Waals surface area contributed by atoms with E-state index < -0.39 is 0 Å². The Balaban J connectivity index is 1.69. The summed E-state index contributed by atoms with van der Waals surface area (Å²) in [7, 11) is 0. The summed E-state index contributed by atoms with van der Waals surface area (Å²) in [5.74, 6) is 3.37. The Bertz CT molecular complexity index is 844. The second-order valence-electron chi connectivity index (χ2n) is 6.21. The molecule has 1 saturated heterocycles. The molecular weight excluding hydrogens is 397 g/mol. The van der Waals surface area contributed by atoms with Crippen molar-refractivity contribution in [2.24, 2.45) is 0 Å². The zero-order valence-electron chi connectivity index (χ0n) is 13.7.